The van der Waals surface area contributed by atoms with Crippen LogP contribution in [0.1, 0.15) is 11.4 Å². The van der Waals surface area contributed by atoms with E-state index in [0.29, 0.717) is 5.69 Å². The van der Waals surface area contributed by atoms with Crippen LogP contribution in [0, 0.1) is 18.3 Å². The number of nitriles is 1. The van der Waals surface area contributed by atoms with Crippen LogP contribution in [0.3, 0.4) is 0 Å². The molecule has 1 aromatic rings. The third-order valence-corrected chi connectivity index (χ3v) is 3.86. The van der Waals surface area contributed by atoms with Gasteiger partial charge in [-0.25, -0.2) is 13.4 Å². The highest BCUT2D eigenvalue weighted by Crippen LogP contribution is 2.13. The van der Waals surface area contributed by atoms with Crippen LogP contribution in [0.15, 0.2) is 17.0 Å². The Morgan fingerprint density at radius 1 is 1.53 bits per heavy atom. The number of hydrogen-bond acceptors (Lipinski definition) is 4. The Balaban J connectivity index is 3.28. The van der Waals surface area contributed by atoms with Crippen molar-refractivity contribution in [3.05, 3.63) is 23.5 Å². The van der Waals surface area contributed by atoms with E-state index >= 15 is 0 Å². The van der Waals surface area contributed by atoms with E-state index < -0.39 is 9.84 Å². The van der Waals surface area contributed by atoms with Gasteiger partial charge in [-0.2, -0.15) is 5.26 Å². The molecule has 4 nitrogen and oxygen atoms in total. The molecule has 1 rings (SSSR count). The lowest BCUT2D eigenvalue weighted by Gasteiger charge is -2.03. The molecule has 0 amide bonds. The number of alkyl halides is 1. The molecule has 0 saturated carbocycles. The van der Waals surface area contributed by atoms with Crippen LogP contribution in [-0.4, -0.2) is 25.0 Å². The Bertz CT molecular complexity index is 505. The number of aromatic nitrogens is 1. The van der Waals surface area contributed by atoms with Crippen LogP contribution in [0.2, 0.25) is 0 Å². The van der Waals surface area contributed by atoms with Crippen LogP contribution in [0.5, 0.6) is 0 Å². The monoisotopic (exact) mass is 244 g/mol. The maximum atomic E-state index is 11.6. The second-order valence-corrected chi connectivity index (χ2v) is 5.44. The first-order valence-electron chi connectivity index (χ1n) is 4.17. The number of hydrogen-bond donors (Lipinski definition) is 0. The molecule has 0 unspecified atom stereocenters. The summed E-state index contributed by atoms with van der Waals surface area (Å²) in [5.74, 6) is -0.103. The third-order valence-electron chi connectivity index (χ3n) is 1.75. The van der Waals surface area contributed by atoms with Gasteiger partial charge in [-0.05, 0) is 19.1 Å². The summed E-state index contributed by atoms with van der Waals surface area (Å²) >= 11 is 5.39. The van der Waals surface area contributed by atoms with E-state index in [0.717, 1.165) is 0 Å². The molecule has 0 bridgehead atoms. The zero-order chi connectivity index (χ0) is 11.5. The van der Waals surface area contributed by atoms with Crippen molar-refractivity contribution >= 4 is 21.4 Å². The van der Waals surface area contributed by atoms with Crippen molar-refractivity contribution in [1.82, 2.24) is 4.98 Å². The summed E-state index contributed by atoms with van der Waals surface area (Å²) in [7, 11) is -3.39. The molecular weight excluding hydrogens is 236 g/mol. The van der Waals surface area contributed by atoms with Gasteiger partial charge >= 0.3 is 0 Å². The normalized spacial score (nSPS) is 11.0. The van der Waals surface area contributed by atoms with Crippen molar-refractivity contribution in [3.63, 3.8) is 0 Å². The zero-order valence-corrected chi connectivity index (χ0v) is 9.64. The fourth-order valence-electron chi connectivity index (χ4n) is 1.09. The lowest BCUT2D eigenvalue weighted by Crippen LogP contribution is -2.09. The lowest BCUT2D eigenvalue weighted by molar-refractivity contribution is 0.597. The summed E-state index contributed by atoms with van der Waals surface area (Å²) in [5, 5.41) is 8.65. The summed E-state index contributed by atoms with van der Waals surface area (Å²) in [6, 6.07) is 4.51. The van der Waals surface area contributed by atoms with Crippen molar-refractivity contribution in [3.8, 4) is 6.07 Å². The second-order valence-electron chi connectivity index (χ2n) is 2.95. The molecule has 0 aromatic carbocycles. The first-order chi connectivity index (χ1) is 6.99. The van der Waals surface area contributed by atoms with Gasteiger partial charge in [0, 0.05) is 11.6 Å². The van der Waals surface area contributed by atoms with Crippen molar-refractivity contribution in [2.45, 2.75) is 11.8 Å². The Morgan fingerprint density at radius 3 is 2.73 bits per heavy atom. The molecule has 0 aliphatic rings. The van der Waals surface area contributed by atoms with Gasteiger partial charge in [-0.3, -0.25) is 0 Å². The van der Waals surface area contributed by atoms with Gasteiger partial charge in [-0.1, -0.05) is 0 Å². The van der Waals surface area contributed by atoms with Crippen LogP contribution >= 0.6 is 11.6 Å². The van der Waals surface area contributed by atoms with E-state index in [1.165, 1.54) is 12.1 Å². The molecule has 15 heavy (non-hydrogen) atoms. The first kappa shape index (κ1) is 12.0. The minimum absolute atomic E-state index is 0.0333. The highest BCUT2D eigenvalue weighted by molar-refractivity contribution is 7.91. The predicted octanol–water partition coefficient (Wildman–Crippen LogP) is 1.27. The Hall–Kier alpha value is -1.12. The van der Waals surface area contributed by atoms with Crippen LogP contribution < -0.4 is 0 Å². The summed E-state index contributed by atoms with van der Waals surface area (Å²) in [6.07, 6.45) is 0. The van der Waals surface area contributed by atoms with Crippen molar-refractivity contribution in [2.24, 2.45) is 0 Å². The van der Waals surface area contributed by atoms with Gasteiger partial charge in [0.1, 0.15) is 11.8 Å². The molecule has 0 N–H and O–H groups in total. The van der Waals surface area contributed by atoms with Crippen LogP contribution in [0.25, 0.3) is 0 Å². The van der Waals surface area contributed by atoms with Crippen LogP contribution in [0.4, 0.5) is 0 Å². The average molecular weight is 245 g/mol. The molecule has 0 saturated heterocycles. The average Bonchev–Trinajstić information content (AvgIpc) is 2.16. The molecule has 1 aromatic heterocycles. The number of nitrogens with zero attached hydrogens (tertiary/aromatic N) is 2. The fourth-order valence-corrected chi connectivity index (χ4v) is 2.78. The molecule has 1 heterocycles. The molecule has 0 aliphatic carbocycles. The summed E-state index contributed by atoms with van der Waals surface area (Å²) in [6.45, 7) is 1.64. The second kappa shape index (κ2) is 4.60. The number of halogens is 1. The molecule has 0 radical (unpaired) electrons. The van der Waals surface area contributed by atoms with Gasteiger partial charge in [0.05, 0.1) is 10.6 Å². The SMILES string of the molecule is Cc1cc(S(=O)(=O)CCCl)cc(C#N)n1. The largest absolute Gasteiger partial charge is 0.242 e. The third kappa shape index (κ3) is 2.91. The molecule has 6 heteroatoms. The van der Waals surface area contributed by atoms with Gasteiger partial charge in [0.2, 0.25) is 0 Å². The van der Waals surface area contributed by atoms with Crippen LogP contribution in [-0.2, 0) is 9.84 Å². The molecule has 0 atom stereocenters. The standard InChI is InChI=1S/C9H9ClN2O2S/c1-7-4-9(5-8(6-11)12-7)15(13,14)3-2-10/h4-5H,2-3H2,1H3. The Morgan fingerprint density at radius 2 is 2.20 bits per heavy atom. The maximum Gasteiger partial charge on any atom is 0.179 e. The zero-order valence-electron chi connectivity index (χ0n) is 8.07. The lowest BCUT2D eigenvalue weighted by atomic mass is 10.3. The van der Waals surface area contributed by atoms with E-state index in [4.69, 9.17) is 16.9 Å². The van der Waals surface area contributed by atoms with E-state index in [2.05, 4.69) is 4.98 Å². The topological polar surface area (TPSA) is 70.8 Å². The minimum atomic E-state index is -3.39. The quantitative estimate of drug-likeness (QED) is 0.751. The summed E-state index contributed by atoms with van der Waals surface area (Å²) in [5.41, 5.74) is 0.602. The Labute approximate surface area is 93.4 Å². The van der Waals surface area contributed by atoms with Gasteiger partial charge in [0.15, 0.2) is 9.84 Å². The number of sulfone groups is 1. The van der Waals surface area contributed by atoms with Gasteiger partial charge < -0.3 is 0 Å². The van der Waals surface area contributed by atoms with Gasteiger partial charge in [0.25, 0.3) is 0 Å². The number of pyridine rings is 1. The first-order valence-corrected chi connectivity index (χ1v) is 6.36. The van der Waals surface area contributed by atoms with Crippen molar-refractivity contribution < 1.29 is 8.42 Å². The number of aryl methyl sites for hydroxylation is 1. The van der Waals surface area contributed by atoms with E-state index in [-0.39, 0.29) is 22.2 Å². The molecule has 0 aliphatic heterocycles. The summed E-state index contributed by atoms with van der Waals surface area (Å²) < 4.78 is 23.3. The highest BCUT2D eigenvalue weighted by atomic mass is 35.5. The predicted molar refractivity (Wildman–Crippen MR) is 56.5 cm³/mol. The van der Waals surface area contributed by atoms with E-state index in [1.807, 2.05) is 6.07 Å². The van der Waals surface area contributed by atoms with E-state index in [9.17, 15) is 8.42 Å². The minimum Gasteiger partial charge on any atom is -0.242 e. The highest BCUT2D eigenvalue weighted by Gasteiger charge is 2.15. The van der Waals surface area contributed by atoms with Crippen molar-refractivity contribution in [2.75, 3.05) is 11.6 Å². The molecule has 80 valence electrons. The molecular formula is C9H9ClN2O2S. The van der Waals surface area contributed by atoms with E-state index in [1.54, 1.807) is 6.92 Å². The summed E-state index contributed by atoms with van der Waals surface area (Å²) in [4.78, 5) is 3.97. The number of rotatable bonds is 3. The van der Waals surface area contributed by atoms with Crippen molar-refractivity contribution in [1.29, 1.82) is 5.26 Å². The fraction of sp³-hybridized carbons (Fsp3) is 0.333. The maximum absolute atomic E-state index is 11.6. The molecule has 0 spiro atoms. The smallest absolute Gasteiger partial charge is 0.179 e. The Kier molecular flexibility index (Phi) is 3.66. The molecule has 0 fully saturated rings. The van der Waals surface area contributed by atoms with Gasteiger partial charge in [-0.15, -0.1) is 11.6 Å².